The molecule has 0 aromatic heterocycles. The largest absolute Gasteiger partial charge is 0.454 e. The molecule has 23 heavy (non-hydrogen) atoms. The van der Waals surface area contributed by atoms with Crippen molar-refractivity contribution in [3.63, 3.8) is 0 Å². The third-order valence-corrected chi connectivity index (χ3v) is 4.26. The summed E-state index contributed by atoms with van der Waals surface area (Å²) in [4.78, 5) is 12.3. The molecule has 3 rings (SSSR count). The molecule has 120 valence electrons. The molecule has 5 nitrogen and oxygen atoms in total. The standard InChI is InChI=1S/C17H17IN2O3/c1-10-7-12(18)3-5-14(10)19-11(2)17(21)20-13-4-6-15-16(8-13)23-9-22-15/h3-8,11,19H,9H2,1-2H3,(H,20,21). The maximum absolute atomic E-state index is 12.3. The van der Waals surface area contributed by atoms with Crippen LogP contribution in [-0.2, 0) is 4.79 Å². The Hall–Kier alpha value is -1.96. The van der Waals surface area contributed by atoms with E-state index in [1.54, 1.807) is 18.2 Å². The zero-order chi connectivity index (χ0) is 16.4. The Morgan fingerprint density at radius 3 is 2.74 bits per heavy atom. The topological polar surface area (TPSA) is 59.6 Å². The minimum absolute atomic E-state index is 0.109. The van der Waals surface area contributed by atoms with Crippen LogP contribution in [0.1, 0.15) is 12.5 Å². The van der Waals surface area contributed by atoms with E-state index in [1.165, 1.54) is 3.57 Å². The highest BCUT2D eigenvalue weighted by atomic mass is 127. The number of ether oxygens (including phenoxy) is 2. The van der Waals surface area contributed by atoms with E-state index in [2.05, 4.69) is 39.3 Å². The van der Waals surface area contributed by atoms with E-state index < -0.39 is 0 Å². The van der Waals surface area contributed by atoms with Crippen molar-refractivity contribution in [1.29, 1.82) is 0 Å². The molecule has 6 heteroatoms. The summed E-state index contributed by atoms with van der Waals surface area (Å²) in [5.41, 5.74) is 2.76. The number of nitrogens with one attached hydrogen (secondary N) is 2. The highest BCUT2D eigenvalue weighted by Gasteiger charge is 2.17. The van der Waals surface area contributed by atoms with Gasteiger partial charge in [-0.15, -0.1) is 0 Å². The first-order valence-electron chi connectivity index (χ1n) is 7.26. The van der Waals surface area contributed by atoms with Gasteiger partial charge in [0.25, 0.3) is 0 Å². The summed E-state index contributed by atoms with van der Waals surface area (Å²) >= 11 is 2.27. The summed E-state index contributed by atoms with van der Waals surface area (Å²) in [6.45, 7) is 4.07. The lowest BCUT2D eigenvalue weighted by molar-refractivity contribution is -0.116. The number of carbonyl (C=O) groups is 1. The Labute approximate surface area is 148 Å². The number of carbonyl (C=O) groups excluding carboxylic acids is 1. The first kappa shape index (κ1) is 15.9. The lowest BCUT2D eigenvalue weighted by atomic mass is 10.2. The van der Waals surface area contributed by atoms with E-state index in [0.717, 1.165) is 11.3 Å². The molecule has 2 aromatic rings. The van der Waals surface area contributed by atoms with Gasteiger partial charge >= 0.3 is 0 Å². The summed E-state index contributed by atoms with van der Waals surface area (Å²) in [7, 11) is 0. The maximum Gasteiger partial charge on any atom is 0.246 e. The summed E-state index contributed by atoms with van der Waals surface area (Å²) in [5, 5.41) is 6.12. The number of hydrogen-bond donors (Lipinski definition) is 2. The molecule has 0 fully saturated rings. The van der Waals surface area contributed by atoms with Crippen LogP contribution in [0.5, 0.6) is 11.5 Å². The third kappa shape index (κ3) is 3.69. The summed E-state index contributed by atoms with van der Waals surface area (Å²) in [6, 6.07) is 11.1. The van der Waals surface area contributed by atoms with Crippen molar-refractivity contribution in [1.82, 2.24) is 0 Å². The average Bonchev–Trinajstić information content (AvgIpc) is 2.97. The Morgan fingerprint density at radius 2 is 1.96 bits per heavy atom. The molecule has 1 amide bonds. The molecule has 0 spiro atoms. The molecule has 0 saturated heterocycles. The lowest BCUT2D eigenvalue weighted by Crippen LogP contribution is -2.32. The van der Waals surface area contributed by atoms with Crippen molar-refractivity contribution in [2.24, 2.45) is 0 Å². The third-order valence-electron chi connectivity index (χ3n) is 3.59. The second-order valence-electron chi connectivity index (χ2n) is 5.38. The van der Waals surface area contributed by atoms with Gasteiger partial charge in [-0.3, -0.25) is 4.79 Å². The van der Waals surface area contributed by atoms with Gasteiger partial charge in [0.1, 0.15) is 6.04 Å². The molecular formula is C17H17IN2O3. The Balaban J connectivity index is 1.65. The van der Waals surface area contributed by atoms with Gasteiger partial charge in [-0.25, -0.2) is 0 Å². The van der Waals surface area contributed by atoms with E-state index in [4.69, 9.17) is 9.47 Å². The van der Waals surface area contributed by atoms with Crippen LogP contribution in [0.15, 0.2) is 36.4 Å². The Morgan fingerprint density at radius 1 is 1.17 bits per heavy atom. The lowest BCUT2D eigenvalue weighted by Gasteiger charge is -2.17. The van der Waals surface area contributed by atoms with Gasteiger partial charge in [-0.2, -0.15) is 0 Å². The van der Waals surface area contributed by atoms with E-state index in [9.17, 15) is 4.79 Å². The summed E-state index contributed by atoms with van der Waals surface area (Å²) in [5.74, 6) is 1.24. The molecule has 1 aliphatic rings. The predicted molar refractivity (Wildman–Crippen MR) is 98.2 cm³/mol. The zero-order valence-electron chi connectivity index (χ0n) is 12.9. The second kappa shape index (κ2) is 6.66. The molecule has 1 heterocycles. The molecule has 2 aromatic carbocycles. The van der Waals surface area contributed by atoms with Gasteiger partial charge in [0.05, 0.1) is 0 Å². The van der Waals surface area contributed by atoms with Gasteiger partial charge in [0.2, 0.25) is 12.7 Å². The van der Waals surface area contributed by atoms with Gasteiger partial charge in [-0.05, 0) is 72.3 Å². The number of amides is 1. The average molecular weight is 424 g/mol. The number of aryl methyl sites for hydroxylation is 1. The van der Waals surface area contributed by atoms with E-state index in [0.29, 0.717) is 17.2 Å². The maximum atomic E-state index is 12.3. The van der Waals surface area contributed by atoms with Crippen LogP contribution < -0.4 is 20.1 Å². The number of rotatable bonds is 4. The van der Waals surface area contributed by atoms with Crippen molar-refractivity contribution in [3.05, 3.63) is 45.5 Å². The smallest absolute Gasteiger partial charge is 0.246 e. The SMILES string of the molecule is Cc1cc(I)ccc1NC(C)C(=O)Nc1ccc2c(c1)OCO2. The highest BCUT2D eigenvalue weighted by molar-refractivity contribution is 14.1. The van der Waals surface area contributed by atoms with Gasteiger partial charge in [0, 0.05) is 21.0 Å². The first-order chi connectivity index (χ1) is 11.0. The van der Waals surface area contributed by atoms with Crippen molar-refractivity contribution in [3.8, 4) is 11.5 Å². The van der Waals surface area contributed by atoms with Crippen LogP contribution >= 0.6 is 22.6 Å². The quantitative estimate of drug-likeness (QED) is 0.734. The fourth-order valence-electron chi connectivity index (χ4n) is 2.31. The predicted octanol–water partition coefficient (Wildman–Crippen LogP) is 3.77. The fourth-order valence-corrected chi connectivity index (χ4v) is 2.96. The van der Waals surface area contributed by atoms with Crippen LogP contribution in [-0.4, -0.2) is 18.7 Å². The molecule has 1 atom stereocenters. The molecule has 1 aliphatic heterocycles. The Bertz CT molecular complexity index is 749. The first-order valence-corrected chi connectivity index (χ1v) is 8.34. The number of benzene rings is 2. The van der Waals surface area contributed by atoms with E-state index in [1.807, 2.05) is 26.0 Å². The van der Waals surface area contributed by atoms with Crippen molar-refractivity contribution >= 4 is 39.9 Å². The number of halogens is 1. The van der Waals surface area contributed by atoms with Crippen LogP contribution in [0.3, 0.4) is 0 Å². The van der Waals surface area contributed by atoms with E-state index >= 15 is 0 Å². The van der Waals surface area contributed by atoms with Crippen molar-refractivity contribution < 1.29 is 14.3 Å². The monoisotopic (exact) mass is 424 g/mol. The summed E-state index contributed by atoms with van der Waals surface area (Å²) in [6.07, 6.45) is 0. The van der Waals surface area contributed by atoms with Crippen LogP contribution in [0.4, 0.5) is 11.4 Å². The van der Waals surface area contributed by atoms with Crippen LogP contribution in [0.2, 0.25) is 0 Å². The molecule has 2 N–H and O–H groups in total. The minimum Gasteiger partial charge on any atom is -0.454 e. The van der Waals surface area contributed by atoms with Gasteiger partial charge < -0.3 is 20.1 Å². The van der Waals surface area contributed by atoms with Crippen LogP contribution in [0, 0.1) is 10.5 Å². The van der Waals surface area contributed by atoms with Crippen molar-refractivity contribution in [2.75, 3.05) is 17.4 Å². The molecule has 0 bridgehead atoms. The number of hydrogen-bond acceptors (Lipinski definition) is 4. The highest BCUT2D eigenvalue weighted by Crippen LogP contribution is 2.34. The van der Waals surface area contributed by atoms with Gasteiger partial charge in [-0.1, -0.05) is 0 Å². The number of fused-ring (bicyclic) bond motifs is 1. The molecule has 0 aliphatic carbocycles. The summed E-state index contributed by atoms with van der Waals surface area (Å²) < 4.78 is 11.7. The zero-order valence-corrected chi connectivity index (χ0v) is 15.0. The number of anilines is 2. The Kier molecular flexibility index (Phi) is 4.61. The fraction of sp³-hybridized carbons (Fsp3) is 0.235. The van der Waals surface area contributed by atoms with Crippen molar-refractivity contribution in [2.45, 2.75) is 19.9 Å². The van der Waals surface area contributed by atoms with Crippen LogP contribution in [0.25, 0.3) is 0 Å². The molecule has 1 unspecified atom stereocenters. The minimum atomic E-state index is -0.362. The molecule has 0 radical (unpaired) electrons. The normalized spacial score (nSPS) is 13.5. The van der Waals surface area contributed by atoms with E-state index in [-0.39, 0.29) is 18.7 Å². The molecule has 0 saturated carbocycles. The second-order valence-corrected chi connectivity index (χ2v) is 6.63. The molecular weight excluding hydrogens is 407 g/mol. The van der Waals surface area contributed by atoms with Gasteiger partial charge in [0.15, 0.2) is 11.5 Å².